The molecule has 2 aromatic carbocycles. The van der Waals surface area contributed by atoms with Crippen LogP contribution in [0, 0.1) is 11.8 Å². The van der Waals surface area contributed by atoms with E-state index >= 15 is 0 Å². The fourth-order valence-corrected chi connectivity index (χ4v) is 10.2. The number of nitrogens with zero attached hydrogens (tertiary/aromatic N) is 2. The second-order valence-electron chi connectivity index (χ2n) is 15.8. The van der Waals surface area contributed by atoms with Gasteiger partial charge in [0.15, 0.2) is 11.5 Å². The SMILES string of the molecule is COc1cc(O)c2c3c1O[C@H]1[C@H](N(C(=O)CCCCCCCCCCc4ccccc4)C(C)C)CC[C@H]4[C@@H](C2)N(CC2CC2)CC[C@@]341. The van der Waals surface area contributed by atoms with E-state index in [1.165, 1.54) is 75.5 Å². The number of piperidine rings is 1. The molecule has 3 fully saturated rings. The molecule has 47 heavy (non-hydrogen) atoms. The van der Waals surface area contributed by atoms with Gasteiger partial charge < -0.3 is 19.5 Å². The van der Waals surface area contributed by atoms with E-state index in [9.17, 15) is 9.90 Å². The summed E-state index contributed by atoms with van der Waals surface area (Å²) in [7, 11) is 1.68. The largest absolute Gasteiger partial charge is 0.508 e. The van der Waals surface area contributed by atoms with Crippen LogP contribution in [0.25, 0.3) is 0 Å². The molecule has 3 aliphatic carbocycles. The molecule has 1 amide bonds. The Hall–Kier alpha value is -2.73. The van der Waals surface area contributed by atoms with Crippen LogP contribution in [0.1, 0.15) is 120 Å². The van der Waals surface area contributed by atoms with E-state index in [1.807, 2.05) is 0 Å². The molecule has 256 valence electrons. The highest BCUT2D eigenvalue weighted by Crippen LogP contribution is 2.66. The normalized spacial score (nSPS) is 27.4. The molecule has 6 nitrogen and oxygen atoms in total. The Morgan fingerprint density at radius 3 is 2.45 bits per heavy atom. The molecule has 5 atom stereocenters. The number of carbonyl (C=O) groups excluding carboxylic acids is 1. The maximum Gasteiger partial charge on any atom is 0.223 e. The van der Waals surface area contributed by atoms with Gasteiger partial charge in [-0.1, -0.05) is 68.9 Å². The fourth-order valence-electron chi connectivity index (χ4n) is 10.2. The van der Waals surface area contributed by atoms with Crippen LogP contribution in [0.3, 0.4) is 0 Å². The first-order valence-corrected chi connectivity index (χ1v) is 19.1. The molecule has 2 aliphatic heterocycles. The maximum atomic E-state index is 14.1. The summed E-state index contributed by atoms with van der Waals surface area (Å²) in [5.41, 5.74) is 3.57. The van der Waals surface area contributed by atoms with Crippen LogP contribution >= 0.6 is 0 Å². The second-order valence-corrected chi connectivity index (χ2v) is 15.8. The first-order valence-electron chi connectivity index (χ1n) is 19.1. The number of ether oxygens (including phenoxy) is 2. The number of phenolic OH excluding ortho intramolecular Hbond substituents is 1. The van der Waals surface area contributed by atoms with Crippen molar-refractivity contribution in [3.05, 3.63) is 53.1 Å². The van der Waals surface area contributed by atoms with Crippen molar-refractivity contribution >= 4 is 5.91 Å². The highest BCUT2D eigenvalue weighted by molar-refractivity contribution is 5.77. The highest BCUT2D eigenvalue weighted by atomic mass is 16.5. The number of unbranched alkanes of at least 4 members (excludes halogenated alkanes) is 7. The third-order valence-electron chi connectivity index (χ3n) is 12.6. The molecule has 0 unspecified atom stereocenters. The Morgan fingerprint density at radius 1 is 1.02 bits per heavy atom. The molecule has 2 bridgehead atoms. The molecular weight excluding hydrogens is 584 g/mol. The Bertz CT molecular complexity index is 1390. The van der Waals surface area contributed by atoms with Crippen LogP contribution in [0.2, 0.25) is 0 Å². The molecule has 2 saturated carbocycles. The number of rotatable bonds is 16. The lowest BCUT2D eigenvalue weighted by molar-refractivity contribution is -0.146. The van der Waals surface area contributed by atoms with E-state index in [2.05, 4.69) is 54.0 Å². The minimum absolute atomic E-state index is 0.0375. The molecule has 2 heterocycles. The van der Waals surface area contributed by atoms with Crippen molar-refractivity contribution in [1.29, 1.82) is 0 Å². The predicted molar refractivity (Wildman–Crippen MR) is 187 cm³/mol. The molecule has 1 N–H and O–H groups in total. The molecule has 6 heteroatoms. The van der Waals surface area contributed by atoms with Gasteiger partial charge in [0.2, 0.25) is 5.91 Å². The van der Waals surface area contributed by atoms with Crippen LogP contribution in [0.5, 0.6) is 17.2 Å². The number of methoxy groups -OCH3 is 1. The second kappa shape index (κ2) is 14.0. The molecule has 2 aromatic rings. The van der Waals surface area contributed by atoms with E-state index < -0.39 is 0 Å². The first kappa shape index (κ1) is 32.8. The molecule has 1 saturated heterocycles. The lowest BCUT2D eigenvalue weighted by Gasteiger charge is -2.61. The van der Waals surface area contributed by atoms with Crippen molar-refractivity contribution in [2.45, 2.75) is 146 Å². The average Bonchev–Trinajstić information content (AvgIpc) is 3.82. The number of aromatic hydroxyl groups is 1. The molecule has 7 rings (SSSR count). The number of phenols is 1. The summed E-state index contributed by atoms with van der Waals surface area (Å²) >= 11 is 0. The summed E-state index contributed by atoms with van der Waals surface area (Å²) in [5, 5.41) is 11.3. The van der Waals surface area contributed by atoms with E-state index in [1.54, 1.807) is 13.2 Å². The average molecular weight is 643 g/mol. The van der Waals surface area contributed by atoms with E-state index in [0.29, 0.717) is 29.9 Å². The summed E-state index contributed by atoms with van der Waals surface area (Å²) in [6, 6.07) is 13.2. The molecule has 0 aromatic heterocycles. The van der Waals surface area contributed by atoms with Gasteiger partial charge in [0.1, 0.15) is 11.9 Å². The monoisotopic (exact) mass is 642 g/mol. The zero-order chi connectivity index (χ0) is 32.5. The number of hydrogen-bond donors (Lipinski definition) is 1. The van der Waals surface area contributed by atoms with Crippen molar-refractivity contribution in [3.63, 3.8) is 0 Å². The summed E-state index contributed by atoms with van der Waals surface area (Å²) in [6.45, 7) is 6.63. The third kappa shape index (κ3) is 6.29. The van der Waals surface area contributed by atoms with Crippen LogP contribution in [0.15, 0.2) is 36.4 Å². The summed E-state index contributed by atoms with van der Waals surface area (Å²) in [5.74, 6) is 3.45. The van der Waals surface area contributed by atoms with Crippen molar-refractivity contribution in [1.82, 2.24) is 9.80 Å². The third-order valence-corrected chi connectivity index (χ3v) is 12.6. The topological polar surface area (TPSA) is 62.2 Å². The summed E-state index contributed by atoms with van der Waals surface area (Å²) < 4.78 is 12.9. The van der Waals surface area contributed by atoms with E-state index in [0.717, 1.165) is 62.3 Å². The van der Waals surface area contributed by atoms with Gasteiger partial charge >= 0.3 is 0 Å². The van der Waals surface area contributed by atoms with Crippen LogP contribution in [-0.2, 0) is 23.1 Å². The lowest BCUT2D eigenvalue weighted by atomic mass is 9.50. The number of likely N-dealkylation sites (tertiary alicyclic amines) is 1. The summed E-state index contributed by atoms with van der Waals surface area (Å²) in [6.07, 6.45) is 18.2. The minimum atomic E-state index is -0.170. The minimum Gasteiger partial charge on any atom is -0.508 e. The van der Waals surface area contributed by atoms with Gasteiger partial charge in [-0.05, 0) is 95.6 Å². The standard InChI is InChI=1S/C41H58N2O4/c1-28(2)43(37(45)18-14-9-7-5-4-6-8-11-15-29-16-12-10-13-17-29)33-22-21-32-34-25-31-35(44)26-36(46-3)39-38(31)41(32,40(33)47-39)23-24-42(34)27-30-19-20-30/h10,12-13,16-17,26,28,30,32-34,40,44H,4-9,11,14-15,18-25,27H2,1-3H3/t32-,33+,34+,40-,41-/m0/s1. The zero-order valence-corrected chi connectivity index (χ0v) is 29.2. The van der Waals surface area contributed by atoms with Gasteiger partial charge in [-0.25, -0.2) is 0 Å². The van der Waals surface area contributed by atoms with Gasteiger partial charge in [-0.3, -0.25) is 9.69 Å². The van der Waals surface area contributed by atoms with Gasteiger partial charge in [-0.15, -0.1) is 0 Å². The number of aryl methyl sites for hydroxylation is 1. The van der Waals surface area contributed by atoms with Gasteiger partial charge in [0, 0.05) is 47.7 Å². The number of benzene rings is 2. The molecule has 1 spiro atoms. The molecule has 5 aliphatic rings. The predicted octanol–water partition coefficient (Wildman–Crippen LogP) is 8.21. The maximum absolute atomic E-state index is 14.1. The smallest absolute Gasteiger partial charge is 0.223 e. The first-order chi connectivity index (χ1) is 22.9. The Morgan fingerprint density at radius 2 is 1.74 bits per heavy atom. The van der Waals surface area contributed by atoms with E-state index in [-0.39, 0.29) is 29.5 Å². The van der Waals surface area contributed by atoms with E-state index in [4.69, 9.17) is 9.47 Å². The van der Waals surface area contributed by atoms with Crippen molar-refractivity contribution < 1.29 is 19.4 Å². The van der Waals surface area contributed by atoms with Crippen molar-refractivity contribution in [2.75, 3.05) is 20.2 Å². The van der Waals surface area contributed by atoms with Crippen LogP contribution in [-0.4, -0.2) is 65.2 Å². The Balaban J connectivity index is 0.980. The number of amides is 1. The fraction of sp³-hybridized carbons (Fsp3) is 0.683. The Labute approximate surface area is 283 Å². The quantitative estimate of drug-likeness (QED) is 0.187. The van der Waals surface area contributed by atoms with Crippen molar-refractivity contribution in [3.8, 4) is 17.2 Å². The van der Waals surface area contributed by atoms with Crippen LogP contribution < -0.4 is 9.47 Å². The van der Waals surface area contributed by atoms with Crippen molar-refractivity contribution in [2.24, 2.45) is 11.8 Å². The molecule has 0 radical (unpaired) electrons. The number of carbonyl (C=O) groups is 1. The highest BCUT2D eigenvalue weighted by Gasteiger charge is 2.67. The zero-order valence-electron chi connectivity index (χ0n) is 29.2. The van der Waals surface area contributed by atoms with Gasteiger partial charge in [0.05, 0.1) is 13.2 Å². The van der Waals surface area contributed by atoms with Gasteiger partial charge in [-0.2, -0.15) is 0 Å². The van der Waals surface area contributed by atoms with Gasteiger partial charge in [0.25, 0.3) is 0 Å². The van der Waals surface area contributed by atoms with Crippen LogP contribution in [0.4, 0.5) is 0 Å². The Kier molecular flexibility index (Phi) is 9.78. The molecular formula is C41H58N2O4. The summed E-state index contributed by atoms with van der Waals surface area (Å²) in [4.78, 5) is 19.0. The lowest BCUT2D eigenvalue weighted by Crippen LogP contribution is -2.69. The number of hydrogen-bond acceptors (Lipinski definition) is 5.